The molecule has 4 heteroatoms. The molecule has 1 heterocycles. The molecule has 1 fully saturated rings. The summed E-state index contributed by atoms with van der Waals surface area (Å²) in [6, 6.07) is 11.2. The maximum Gasteiger partial charge on any atom is 0.257 e. The van der Waals surface area contributed by atoms with E-state index in [1.807, 2.05) is 47.0 Å². The largest absolute Gasteiger partial charge is 0.506 e. The smallest absolute Gasteiger partial charge is 0.257 e. The summed E-state index contributed by atoms with van der Waals surface area (Å²) in [7, 11) is 0. The van der Waals surface area contributed by atoms with Gasteiger partial charge in [-0.1, -0.05) is 37.3 Å². The van der Waals surface area contributed by atoms with Gasteiger partial charge in [-0.25, -0.2) is 0 Å². The first kappa shape index (κ1) is 14.3. The van der Waals surface area contributed by atoms with Gasteiger partial charge in [-0.15, -0.1) is 0 Å². The maximum atomic E-state index is 12.7. The van der Waals surface area contributed by atoms with Crippen LogP contribution in [0.5, 0.6) is 5.75 Å². The highest BCUT2D eigenvalue weighted by atomic mass is 32.2. The molecule has 0 radical (unpaired) electrons. The van der Waals surface area contributed by atoms with E-state index < -0.39 is 0 Å². The Morgan fingerprint density at radius 1 is 1.33 bits per heavy atom. The van der Waals surface area contributed by atoms with Crippen LogP contribution in [0.25, 0.3) is 10.8 Å². The Labute approximate surface area is 129 Å². The monoisotopic (exact) mass is 301 g/mol. The normalized spacial score (nSPS) is 18.9. The average molecular weight is 301 g/mol. The highest BCUT2D eigenvalue weighted by Crippen LogP contribution is 2.30. The van der Waals surface area contributed by atoms with E-state index in [9.17, 15) is 9.90 Å². The fourth-order valence-electron chi connectivity index (χ4n) is 2.75. The van der Waals surface area contributed by atoms with Crippen LogP contribution in [-0.4, -0.2) is 40.0 Å². The number of phenolic OH excluding ortho intramolecular Hbond substituents is 1. The minimum atomic E-state index is -0.0583. The Morgan fingerprint density at radius 2 is 2.14 bits per heavy atom. The predicted octanol–water partition coefficient (Wildman–Crippen LogP) is 3.51. The van der Waals surface area contributed by atoms with Crippen LogP contribution in [-0.2, 0) is 0 Å². The van der Waals surface area contributed by atoms with Crippen LogP contribution in [0.1, 0.15) is 23.7 Å². The van der Waals surface area contributed by atoms with Gasteiger partial charge in [0.1, 0.15) is 5.75 Å². The Kier molecular flexibility index (Phi) is 4.06. The van der Waals surface area contributed by atoms with Crippen molar-refractivity contribution >= 4 is 28.4 Å². The quantitative estimate of drug-likeness (QED) is 0.922. The van der Waals surface area contributed by atoms with Crippen LogP contribution >= 0.6 is 11.8 Å². The zero-order valence-electron chi connectivity index (χ0n) is 12.1. The number of fused-ring (bicyclic) bond motifs is 1. The lowest BCUT2D eigenvalue weighted by Gasteiger charge is -2.32. The number of hydrogen-bond donors (Lipinski definition) is 1. The molecular formula is C17H19NO2S. The molecule has 1 unspecified atom stereocenters. The van der Waals surface area contributed by atoms with Crippen molar-refractivity contribution in [1.82, 2.24) is 4.90 Å². The van der Waals surface area contributed by atoms with E-state index in [1.54, 1.807) is 6.07 Å². The van der Waals surface area contributed by atoms with Gasteiger partial charge in [-0.05, 0) is 17.9 Å². The van der Waals surface area contributed by atoms with Crippen LogP contribution in [0.3, 0.4) is 0 Å². The van der Waals surface area contributed by atoms with Crippen molar-refractivity contribution in [2.45, 2.75) is 18.6 Å². The minimum absolute atomic E-state index is 0.0583. The summed E-state index contributed by atoms with van der Waals surface area (Å²) in [5, 5.41) is 12.6. The maximum absolute atomic E-state index is 12.7. The van der Waals surface area contributed by atoms with Crippen molar-refractivity contribution in [3.63, 3.8) is 0 Å². The van der Waals surface area contributed by atoms with Gasteiger partial charge in [0.25, 0.3) is 5.91 Å². The second-order valence-corrected chi connectivity index (χ2v) is 6.74. The summed E-state index contributed by atoms with van der Waals surface area (Å²) in [5.74, 6) is 1.01. The fraction of sp³-hybridized carbons (Fsp3) is 0.353. The molecule has 1 aliphatic rings. The average Bonchev–Trinajstić information content (AvgIpc) is 2.55. The molecule has 0 bridgehead atoms. The van der Waals surface area contributed by atoms with Crippen LogP contribution in [0.4, 0.5) is 0 Å². The standard InChI is InChI=1S/C17H19NO2S/c1-2-13-11-18(9-10-21-13)17(20)15-8-7-12-5-3-4-6-14(12)16(15)19/h3-8,13,19H,2,9-11H2,1H3. The summed E-state index contributed by atoms with van der Waals surface area (Å²) in [4.78, 5) is 14.6. The number of carbonyl (C=O) groups is 1. The molecule has 1 aliphatic heterocycles. The molecule has 0 aromatic heterocycles. The van der Waals surface area contributed by atoms with Crippen LogP contribution in [0.2, 0.25) is 0 Å². The van der Waals surface area contributed by atoms with Gasteiger partial charge >= 0.3 is 0 Å². The van der Waals surface area contributed by atoms with E-state index in [4.69, 9.17) is 0 Å². The highest BCUT2D eigenvalue weighted by molar-refractivity contribution is 8.00. The van der Waals surface area contributed by atoms with Gasteiger partial charge in [-0.2, -0.15) is 11.8 Å². The van der Waals surface area contributed by atoms with E-state index in [1.165, 1.54) is 0 Å². The van der Waals surface area contributed by atoms with E-state index in [0.29, 0.717) is 10.8 Å². The van der Waals surface area contributed by atoms with E-state index in [2.05, 4.69) is 6.92 Å². The summed E-state index contributed by atoms with van der Waals surface area (Å²) in [6.45, 7) is 3.68. The zero-order chi connectivity index (χ0) is 14.8. The van der Waals surface area contributed by atoms with Crippen molar-refractivity contribution in [1.29, 1.82) is 0 Å². The summed E-state index contributed by atoms with van der Waals surface area (Å²) in [5.41, 5.74) is 0.412. The molecule has 3 rings (SSSR count). The number of aromatic hydroxyl groups is 1. The predicted molar refractivity (Wildman–Crippen MR) is 88.1 cm³/mol. The molecule has 21 heavy (non-hydrogen) atoms. The van der Waals surface area contributed by atoms with Crippen LogP contribution in [0, 0.1) is 0 Å². The first-order valence-corrected chi connectivity index (χ1v) is 8.37. The van der Waals surface area contributed by atoms with Crippen molar-refractivity contribution in [2.24, 2.45) is 0 Å². The van der Waals surface area contributed by atoms with Gasteiger partial charge in [0.2, 0.25) is 0 Å². The van der Waals surface area contributed by atoms with Crippen molar-refractivity contribution < 1.29 is 9.90 Å². The number of thioether (sulfide) groups is 1. The molecule has 0 aliphatic carbocycles. The molecule has 1 N–H and O–H groups in total. The topological polar surface area (TPSA) is 40.5 Å². The van der Waals surface area contributed by atoms with Gasteiger partial charge in [-0.3, -0.25) is 4.79 Å². The Hall–Kier alpha value is -1.68. The van der Waals surface area contributed by atoms with Gasteiger partial charge < -0.3 is 10.0 Å². The number of hydrogen-bond acceptors (Lipinski definition) is 3. The van der Waals surface area contributed by atoms with E-state index >= 15 is 0 Å². The molecule has 3 nitrogen and oxygen atoms in total. The zero-order valence-corrected chi connectivity index (χ0v) is 12.9. The number of carbonyl (C=O) groups excluding carboxylic acids is 1. The Bertz CT molecular complexity index is 671. The van der Waals surface area contributed by atoms with E-state index in [0.717, 1.165) is 36.0 Å². The molecule has 1 saturated heterocycles. The molecule has 1 amide bonds. The lowest BCUT2D eigenvalue weighted by Crippen LogP contribution is -2.41. The molecule has 1 atom stereocenters. The van der Waals surface area contributed by atoms with Gasteiger partial charge in [0.05, 0.1) is 5.56 Å². The second-order valence-electron chi connectivity index (χ2n) is 5.34. The molecule has 0 spiro atoms. The second kappa shape index (κ2) is 5.98. The van der Waals surface area contributed by atoms with Crippen LogP contribution in [0.15, 0.2) is 36.4 Å². The summed E-state index contributed by atoms with van der Waals surface area (Å²) in [6.07, 6.45) is 1.07. The van der Waals surface area contributed by atoms with Gasteiger partial charge in [0.15, 0.2) is 0 Å². The number of nitrogens with zero attached hydrogens (tertiary/aromatic N) is 1. The molecular weight excluding hydrogens is 282 g/mol. The molecule has 110 valence electrons. The lowest BCUT2D eigenvalue weighted by atomic mass is 10.0. The number of rotatable bonds is 2. The van der Waals surface area contributed by atoms with Crippen molar-refractivity contribution in [3.05, 3.63) is 42.0 Å². The minimum Gasteiger partial charge on any atom is -0.506 e. The SMILES string of the molecule is CCC1CN(C(=O)c2ccc3ccccc3c2O)CCS1. The molecule has 2 aromatic carbocycles. The summed E-state index contributed by atoms with van der Waals surface area (Å²) < 4.78 is 0. The number of phenols is 1. The van der Waals surface area contributed by atoms with Crippen molar-refractivity contribution in [2.75, 3.05) is 18.8 Å². The van der Waals surface area contributed by atoms with E-state index in [-0.39, 0.29) is 11.7 Å². The summed E-state index contributed by atoms with van der Waals surface area (Å²) >= 11 is 1.93. The number of benzene rings is 2. The third kappa shape index (κ3) is 2.72. The Balaban J connectivity index is 1.92. The highest BCUT2D eigenvalue weighted by Gasteiger charge is 2.25. The number of amides is 1. The first-order chi connectivity index (χ1) is 10.2. The van der Waals surface area contributed by atoms with Crippen LogP contribution < -0.4 is 0 Å². The van der Waals surface area contributed by atoms with Gasteiger partial charge in [0, 0.05) is 29.5 Å². The molecule has 2 aromatic rings. The third-order valence-corrected chi connectivity index (χ3v) is 5.38. The molecule has 0 saturated carbocycles. The first-order valence-electron chi connectivity index (χ1n) is 7.32. The Morgan fingerprint density at radius 3 is 2.95 bits per heavy atom. The third-order valence-electron chi connectivity index (χ3n) is 4.01. The lowest BCUT2D eigenvalue weighted by molar-refractivity contribution is 0.0758. The fourth-order valence-corrected chi connectivity index (χ4v) is 3.93. The van der Waals surface area contributed by atoms with Crippen molar-refractivity contribution in [3.8, 4) is 5.75 Å².